The largest absolute Gasteiger partial charge is 0.409 e. The fourth-order valence-electron chi connectivity index (χ4n) is 3.07. The lowest BCUT2D eigenvalue weighted by Gasteiger charge is -2.37. The normalized spacial score (nSPS) is 20.6. The van der Waals surface area contributed by atoms with Gasteiger partial charge in [0, 0.05) is 25.3 Å². The lowest BCUT2D eigenvalue weighted by Crippen LogP contribution is -2.46. The summed E-state index contributed by atoms with van der Waals surface area (Å²) in [5.41, 5.74) is 8.50. The summed E-state index contributed by atoms with van der Waals surface area (Å²) >= 11 is 0. The molecule has 0 spiro atoms. The highest BCUT2D eigenvalue weighted by Crippen LogP contribution is 2.26. The van der Waals surface area contributed by atoms with Gasteiger partial charge in [-0.15, -0.1) is 0 Å². The van der Waals surface area contributed by atoms with Gasteiger partial charge in [0.05, 0.1) is 5.56 Å². The second-order valence-electron chi connectivity index (χ2n) is 5.93. The number of pyridine rings is 1. The molecule has 1 fully saturated rings. The van der Waals surface area contributed by atoms with Crippen LogP contribution in [0.2, 0.25) is 0 Å². The van der Waals surface area contributed by atoms with Gasteiger partial charge in [-0.3, -0.25) is 0 Å². The lowest BCUT2D eigenvalue weighted by molar-refractivity contribution is 0.247. The van der Waals surface area contributed by atoms with Crippen molar-refractivity contribution in [1.82, 2.24) is 9.88 Å². The van der Waals surface area contributed by atoms with Crippen LogP contribution >= 0.6 is 0 Å². The minimum Gasteiger partial charge on any atom is -0.409 e. The highest BCUT2D eigenvalue weighted by Gasteiger charge is 2.25. The van der Waals surface area contributed by atoms with Crippen molar-refractivity contribution in [3.8, 4) is 0 Å². The van der Waals surface area contributed by atoms with E-state index in [-0.39, 0.29) is 5.84 Å². The Bertz CT molecular complexity index is 543. The Balaban J connectivity index is 2.41. The van der Waals surface area contributed by atoms with Crippen molar-refractivity contribution in [3.05, 3.63) is 22.9 Å². The Morgan fingerprint density at radius 3 is 2.86 bits per heavy atom. The first-order chi connectivity index (χ1) is 9.93. The molecule has 6 nitrogen and oxygen atoms in total. The number of nitrogens with two attached hydrogens (primary N) is 1. The number of likely N-dealkylation sites (N-methyl/N-ethyl adjacent to an activating group) is 2. The molecule has 1 unspecified atom stereocenters. The molecule has 2 rings (SSSR count). The number of hydrogen-bond donors (Lipinski definition) is 2. The van der Waals surface area contributed by atoms with Crippen molar-refractivity contribution < 1.29 is 5.21 Å². The van der Waals surface area contributed by atoms with E-state index in [1.54, 1.807) is 0 Å². The predicted molar refractivity (Wildman–Crippen MR) is 85.1 cm³/mol. The maximum atomic E-state index is 9.05. The van der Waals surface area contributed by atoms with Gasteiger partial charge in [-0.25, -0.2) is 4.98 Å². The quantitative estimate of drug-likeness (QED) is 0.380. The van der Waals surface area contributed by atoms with E-state index in [2.05, 4.69) is 27.0 Å². The van der Waals surface area contributed by atoms with Gasteiger partial charge >= 0.3 is 0 Å². The average molecular weight is 291 g/mol. The molecule has 2 heterocycles. The van der Waals surface area contributed by atoms with Crippen LogP contribution in [-0.2, 0) is 0 Å². The van der Waals surface area contributed by atoms with Gasteiger partial charge in [0.1, 0.15) is 5.82 Å². The van der Waals surface area contributed by atoms with E-state index in [0.717, 1.165) is 42.1 Å². The summed E-state index contributed by atoms with van der Waals surface area (Å²) in [6.07, 6.45) is 2.31. The number of piperidine rings is 1. The number of aryl methyl sites for hydroxylation is 2. The van der Waals surface area contributed by atoms with Gasteiger partial charge in [-0.05, 0) is 51.9 Å². The molecule has 6 heteroatoms. The predicted octanol–water partition coefficient (Wildman–Crippen LogP) is 1.32. The fraction of sp³-hybridized carbons (Fsp3) is 0.600. The van der Waals surface area contributed by atoms with Crippen LogP contribution in [0, 0.1) is 13.8 Å². The third-order valence-corrected chi connectivity index (χ3v) is 4.17. The number of anilines is 1. The van der Waals surface area contributed by atoms with Crippen LogP contribution in [-0.4, -0.2) is 54.2 Å². The SMILES string of the molecule is Cc1cc(C)c(C(N)=NO)c(N(C)C2CCCN(C)C2)n1. The Morgan fingerprint density at radius 1 is 1.52 bits per heavy atom. The maximum absolute atomic E-state index is 9.05. The van der Waals surface area contributed by atoms with Crippen molar-refractivity contribution in [3.63, 3.8) is 0 Å². The number of likely N-dealkylation sites (tertiary alicyclic amines) is 1. The summed E-state index contributed by atoms with van der Waals surface area (Å²) in [5, 5.41) is 12.2. The van der Waals surface area contributed by atoms with Crippen LogP contribution in [0.3, 0.4) is 0 Å². The zero-order valence-corrected chi connectivity index (χ0v) is 13.3. The molecule has 0 aromatic carbocycles. The Hall–Kier alpha value is -1.82. The summed E-state index contributed by atoms with van der Waals surface area (Å²) in [4.78, 5) is 9.14. The first-order valence-electron chi connectivity index (χ1n) is 7.31. The first kappa shape index (κ1) is 15.6. The van der Waals surface area contributed by atoms with E-state index < -0.39 is 0 Å². The lowest BCUT2D eigenvalue weighted by atomic mass is 10.0. The van der Waals surface area contributed by atoms with E-state index in [1.165, 1.54) is 6.42 Å². The highest BCUT2D eigenvalue weighted by atomic mass is 16.4. The van der Waals surface area contributed by atoms with Gasteiger partial charge in [-0.1, -0.05) is 5.16 Å². The fourth-order valence-corrected chi connectivity index (χ4v) is 3.07. The van der Waals surface area contributed by atoms with Crippen LogP contribution in [0.1, 0.15) is 29.7 Å². The van der Waals surface area contributed by atoms with Crippen molar-refractivity contribution in [2.75, 3.05) is 32.1 Å². The molecule has 0 aliphatic carbocycles. The van der Waals surface area contributed by atoms with Crippen molar-refractivity contribution in [1.29, 1.82) is 0 Å². The monoisotopic (exact) mass is 291 g/mol. The molecule has 0 saturated carbocycles. The molecular weight excluding hydrogens is 266 g/mol. The second-order valence-corrected chi connectivity index (χ2v) is 5.93. The zero-order chi connectivity index (χ0) is 15.6. The second kappa shape index (κ2) is 6.30. The van der Waals surface area contributed by atoms with E-state index in [9.17, 15) is 0 Å². The molecular formula is C15H25N5O. The minimum absolute atomic E-state index is 0.117. The number of rotatable bonds is 3. The van der Waals surface area contributed by atoms with E-state index in [4.69, 9.17) is 10.9 Å². The van der Waals surface area contributed by atoms with Crippen LogP contribution in [0.25, 0.3) is 0 Å². The molecule has 21 heavy (non-hydrogen) atoms. The number of hydrogen-bond acceptors (Lipinski definition) is 5. The number of nitrogens with zero attached hydrogens (tertiary/aromatic N) is 4. The Labute approximate surface area is 126 Å². The summed E-state index contributed by atoms with van der Waals surface area (Å²) in [6, 6.07) is 2.35. The van der Waals surface area contributed by atoms with E-state index in [1.807, 2.05) is 27.0 Å². The van der Waals surface area contributed by atoms with Crippen LogP contribution in [0.5, 0.6) is 0 Å². The molecule has 0 radical (unpaired) electrons. The molecule has 0 amide bonds. The molecule has 1 saturated heterocycles. The van der Waals surface area contributed by atoms with Gasteiger partial charge < -0.3 is 20.7 Å². The highest BCUT2D eigenvalue weighted by molar-refractivity contribution is 6.02. The third-order valence-electron chi connectivity index (χ3n) is 4.17. The molecule has 3 N–H and O–H groups in total. The van der Waals surface area contributed by atoms with Gasteiger partial charge in [0.2, 0.25) is 0 Å². The van der Waals surface area contributed by atoms with Crippen LogP contribution in [0.4, 0.5) is 5.82 Å². The van der Waals surface area contributed by atoms with Crippen LogP contribution < -0.4 is 10.6 Å². The molecule has 1 aliphatic heterocycles. The van der Waals surface area contributed by atoms with Gasteiger partial charge in [0.25, 0.3) is 0 Å². The molecule has 1 aliphatic rings. The molecule has 0 bridgehead atoms. The summed E-state index contributed by atoms with van der Waals surface area (Å²) in [6.45, 7) is 6.07. The minimum atomic E-state index is 0.117. The summed E-state index contributed by atoms with van der Waals surface area (Å²) in [7, 11) is 4.18. The number of oxime groups is 1. The van der Waals surface area contributed by atoms with Crippen molar-refractivity contribution >= 4 is 11.7 Å². The van der Waals surface area contributed by atoms with Crippen molar-refractivity contribution in [2.45, 2.75) is 32.7 Å². The third kappa shape index (κ3) is 3.26. The average Bonchev–Trinajstić information content (AvgIpc) is 2.45. The number of aromatic nitrogens is 1. The maximum Gasteiger partial charge on any atom is 0.174 e. The molecule has 1 aromatic rings. The van der Waals surface area contributed by atoms with Crippen molar-refractivity contribution in [2.24, 2.45) is 10.9 Å². The molecule has 1 atom stereocenters. The Morgan fingerprint density at radius 2 is 2.24 bits per heavy atom. The van der Waals surface area contributed by atoms with E-state index in [0.29, 0.717) is 6.04 Å². The molecule has 116 valence electrons. The van der Waals surface area contributed by atoms with Crippen LogP contribution in [0.15, 0.2) is 11.2 Å². The molecule has 1 aromatic heterocycles. The Kier molecular flexibility index (Phi) is 4.67. The van der Waals surface area contributed by atoms with E-state index >= 15 is 0 Å². The first-order valence-corrected chi connectivity index (χ1v) is 7.31. The zero-order valence-electron chi connectivity index (χ0n) is 13.3. The van der Waals surface area contributed by atoms with Gasteiger partial charge in [0.15, 0.2) is 5.84 Å². The number of amidine groups is 1. The summed E-state index contributed by atoms with van der Waals surface area (Å²) in [5.74, 6) is 0.911. The topological polar surface area (TPSA) is 78.0 Å². The van der Waals surface area contributed by atoms with Gasteiger partial charge in [-0.2, -0.15) is 0 Å². The summed E-state index contributed by atoms with van der Waals surface area (Å²) < 4.78 is 0. The standard InChI is InChI=1S/C15H25N5O/c1-10-8-11(2)17-15(13(10)14(16)18-21)20(4)12-6-5-7-19(3)9-12/h8,12,21H,5-7,9H2,1-4H3,(H2,16,18). The smallest absolute Gasteiger partial charge is 0.174 e.